The number of benzene rings is 6. The molecule has 1 aliphatic carbocycles. The number of fused-ring (bicyclic) bond motifs is 10. The average molecular weight is 566 g/mol. The Labute approximate surface area is 254 Å². The lowest BCUT2D eigenvalue weighted by molar-refractivity contribution is 0.659. The number of hydrogen-bond donors (Lipinski definition) is 0. The van der Waals surface area contributed by atoms with E-state index >= 15 is 0 Å². The third-order valence-electron chi connectivity index (χ3n) is 9.08. The summed E-state index contributed by atoms with van der Waals surface area (Å²) in [7, 11) is 0. The molecular formula is C40H27N3O. The highest BCUT2D eigenvalue weighted by molar-refractivity contribution is 6.23. The van der Waals surface area contributed by atoms with Crippen molar-refractivity contribution in [3.8, 4) is 45.3 Å². The maximum atomic E-state index is 6.80. The van der Waals surface area contributed by atoms with Crippen LogP contribution in [0.1, 0.15) is 25.0 Å². The highest BCUT2D eigenvalue weighted by atomic mass is 16.3. The van der Waals surface area contributed by atoms with Gasteiger partial charge < -0.3 is 4.42 Å². The summed E-state index contributed by atoms with van der Waals surface area (Å²) in [4.78, 5) is 14.8. The first-order chi connectivity index (χ1) is 21.6. The molecule has 0 spiro atoms. The second-order valence-corrected chi connectivity index (χ2v) is 12.0. The standard InChI is InChI=1S/C40H27N3O/c1-40(2)31-20-12-11-19-29(31)33-27-17-9-10-18-28(27)36-34(35(33)40)30-22-21-26(23-32(30)44-36)39-42-37(24-13-5-3-6-14-24)41-38(43-39)25-15-7-4-8-16-25/h3-23H,1-2H3. The molecule has 0 amide bonds. The van der Waals surface area contributed by atoms with Crippen LogP contribution in [0.5, 0.6) is 0 Å². The summed E-state index contributed by atoms with van der Waals surface area (Å²) in [6.45, 7) is 4.67. The fourth-order valence-corrected chi connectivity index (χ4v) is 7.06. The van der Waals surface area contributed by atoms with Gasteiger partial charge in [0.1, 0.15) is 11.2 Å². The van der Waals surface area contributed by atoms with E-state index in [1.165, 1.54) is 33.0 Å². The maximum absolute atomic E-state index is 6.80. The molecule has 0 atom stereocenters. The number of rotatable bonds is 3. The third kappa shape index (κ3) is 3.54. The van der Waals surface area contributed by atoms with Crippen LogP contribution >= 0.6 is 0 Å². The summed E-state index contributed by atoms with van der Waals surface area (Å²) in [5.41, 5.74) is 9.67. The van der Waals surface area contributed by atoms with Crippen LogP contribution in [-0.4, -0.2) is 15.0 Å². The monoisotopic (exact) mass is 565 g/mol. The highest BCUT2D eigenvalue weighted by Gasteiger charge is 2.39. The van der Waals surface area contributed by atoms with E-state index in [4.69, 9.17) is 19.4 Å². The second-order valence-electron chi connectivity index (χ2n) is 12.0. The molecule has 2 heterocycles. The first kappa shape index (κ1) is 24.9. The summed E-state index contributed by atoms with van der Waals surface area (Å²) >= 11 is 0. The summed E-state index contributed by atoms with van der Waals surface area (Å²) in [6.07, 6.45) is 0. The lowest BCUT2D eigenvalue weighted by Gasteiger charge is -2.22. The third-order valence-corrected chi connectivity index (χ3v) is 9.08. The number of aromatic nitrogens is 3. The van der Waals surface area contributed by atoms with Gasteiger partial charge in [0.05, 0.1) is 0 Å². The average Bonchev–Trinajstić information content (AvgIpc) is 3.57. The van der Waals surface area contributed by atoms with E-state index in [9.17, 15) is 0 Å². The van der Waals surface area contributed by atoms with Crippen molar-refractivity contribution in [3.63, 3.8) is 0 Å². The molecule has 0 radical (unpaired) electrons. The van der Waals surface area contributed by atoms with Crippen molar-refractivity contribution >= 4 is 32.7 Å². The predicted octanol–water partition coefficient (Wildman–Crippen LogP) is 10.2. The van der Waals surface area contributed by atoms with Gasteiger partial charge in [-0.05, 0) is 39.8 Å². The van der Waals surface area contributed by atoms with Crippen molar-refractivity contribution in [2.75, 3.05) is 0 Å². The second kappa shape index (κ2) is 9.19. The van der Waals surface area contributed by atoms with Crippen molar-refractivity contribution in [3.05, 3.63) is 139 Å². The van der Waals surface area contributed by atoms with E-state index in [0.717, 1.165) is 38.6 Å². The Morgan fingerprint density at radius 3 is 1.77 bits per heavy atom. The fourth-order valence-electron chi connectivity index (χ4n) is 7.06. The Morgan fingerprint density at radius 2 is 1.09 bits per heavy atom. The first-order valence-corrected chi connectivity index (χ1v) is 15.0. The number of nitrogens with zero attached hydrogens (tertiary/aromatic N) is 3. The first-order valence-electron chi connectivity index (χ1n) is 15.0. The Hall–Kier alpha value is -5.61. The van der Waals surface area contributed by atoms with Crippen LogP contribution in [0.25, 0.3) is 78.0 Å². The molecule has 0 fully saturated rings. The molecule has 8 aromatic rings. The van der Waals surface area contributed by atoms with Gasteiger partial charge in [0.15, 0.2) is 17.5 Å². The maximum Gasteiger partial charge on any atom is 0.164 e. The Bertz CT molecular complexity index is 2350. The molecule has 0 N–H and O–H groups in total. The molecule has 4 heteroatoms. The van der Waals surface area contributed by atoms with E-state index in [-0.39, 0.29) is 5.41 Å². The topological polar surface area (TPSA) is 51.8 Å². The number of furan rings is 1. The molecule has 208 valence electrons. The summed E-state index contributed by atoms with van der Waals surface area (Å²) in [6, 6.07) is 44.0. The van der Waals surface area contributed by atoms with Gasteiger partial charge in [-0.15, -0.1) is 0 Å². The van der Waals surface area contributed by atoms with Gasteiger partial charge in [0.25, 0.3) is 0 Å². The molecule has 0 saturated heterocycles. The summed E-state index contributed by atoms with van der Waals surface area (Å²) in [5.74, 6) is 1.90. The van der Waals surface area contributed by atoms with Crippen LogP contribution in [0.4, 0.5) is 0 Å². The van der Waals surface area contributed by atoms with Crippen molar-refractivity contribution < 1.29 is 4.42 Å². The predicted molar refractivity (Wildman–Crippen MR) is 178 cm³/mol. The van der Waals surface area contributed by atoms with Crippen LogP contribution < -0.4 is 0 Å². The zero-order chi connectivity index (χ0) is 29.4. The molecule has 6 aromatic carbocycles. The van der Waals surface area contributed by atoms with Crippen LogP contribution in [0.15, 0.2) is 132 Å². The molecule has 9 rings (SSSR count). The van der Waals surface area contributed by atoms with Crippen LogP contribution in [0.2, 0.25) is 0 Å². The van der Waals surface area contributed by atoms with E-state index in [2.05, 4.69) is 80.6 Å². The minimum atomic E-state index is -0.174. The van der Waals surface area contributed by atoms with Crippen LogP contribution in [-0.2, 0) is 5.41 Å². The molecule has 0 unspecified atom stereocenters. The highest BCUT2D eigenvalue weighted by Crippen LogP contribution is 2.56. The van der Waals surface area contributed by atoms with E-state index in [0.29, 0.717) is 17.5 Å². The van der Waals surface area contributed by atoms with E-state index < -0.39 is 0 Å². The van der Waals surface area contributed by atoms with Gasteiger partial charge in [0, 0.05) is 38.3 Å². The van der Waals surface area contributed by atoms with Gasteiger partial charge >= 0.3 is 0 Å². The van der Waals surface area contributed by atoms with Gasteiger partial charge in [-0.1, -0.05) is 129 Å². The normalized spacial score (nSPS) is 13.4. The molecule has 0 bridgehead atoms. The minimum absolute atomic E-state index is 0.174. The zero-order valence-electron chi connectivity index (χ0n) is 24.4. The van der Waals surface area contributed by atoms with E-state index in [1.807, 2.05) is 60.7 Å². The van der Waals surface area contributed by atoms with Crippen LogP contribution in [0.3, 0.4) is 0 Å². The Morgan fingerprint density at radius 1 is 0.523 bits per heavy atom. The smallest absolute Gasteiger partial charge is 0.164 e. The molecule has 0 saturated carbocycles. The number of hydrogen-bond acceptors (Lipinski definition) is 4. The van der Waals surface area contributed by atoms with Gasteiger partial charge in [0.2, 0.25) is 0 Å². The molecule has 1 aliphatic rings. The van der Waals surface area contributed by atoms with Crippen molar-refractivity contribution in [1.29, 1.82) is 0 Å². The Kier molecular flexibility index (Phi) is 5.21. The van der Waals surface area contributed by atoms with Crippen molar-refractivity contribution in [2.24, 2.45) is 0 Å². The van der Waals surface area contributed by atoms with E-state index in [1.54, 1.807) is 0 Å². The van der Waals surface area contributed by atoms with Gasteiger partial charge in [-0.25, -0.2) is 15.0 Å². The quantitative estimate of drug-likeness (QED) is 0.214. The fraction of sp³-hybridized carbons (Fsp3) is 0.0750. The Balaban J connectivity index is 1.31. The SMILES string of the molecule is CC1(C)c2ccccc2-c2c1c1c3ccc(-c4nc(-c5ccccc5)nc(-c5ccccc5)n4)cc3oc1c1ccccc21. The summed E-state index contributed by atoms with van der Waals surface area (Å²) < 4.78 is 6.80. The summed E-state index contributed by atoms with van der Waals surface area (Å²) in [5, 5.41) is 4.65. The lowest BCUT2D eigenvalue weighted by Crippen LogP contribution is -2.15. The molecule has 4 nitrogen and oxygen atoms in total. The largest absolute Gasteiger partial charge is 0.455 e. The molecule has 0 aliphatic heterocycles. The molecular weight excluding hydrogens is 538 g/mol. The molecule has 2 aromatic heterocycles. The van der Waals surface area contributed by atoms with Crippen molar-refractivity contribution in [2.45, 2.75) is 19.3 Å². The van der Waals surface area contributed by atoms with Crippen LogP contribution in [0, 0.1) is 0 Å². The van der Waals surface area contributed by atoms with Gasteiger partial charge in [-0.2, -0.15) is 0 Å². The lowest BCUT2D eigenvalue weighted by atomic mass is 9.79. The zero-order valence-corrected chi connectivity index (χ0v) is 24.4. The van der Waals surface area contributed by atoms with Crippen molar-refractivity contribution in [1.82, 2.24) is 15.0 Å². The minimum Gasteiger partial charge on any atom is -0.455 e. The van der Waals surface area contributed by atoms with Gasteiger partial charge in [-0.3, -0.25) is 0 Å². The molecule has 44 heavy (non-hydrogen) atoms.